The second-order valence-corrected chi connectivity index (χ2v) is 10.5. The normalized spacial score (nSPS) is 10.8. The monoisotopic (exact) mass is 562 g/mol. The van der Waals surface area contributed by atoms with Gasteiger partial charge in [-0.2, -0.15) is 0 Å². The number of anilines is 2. The standard InChI is InChI=1S/C32H38N2O7/c1-20(2)18-40-29-14-23(17-36)7-10-26(29)33-32(38)25-9-11-27(30(16-25)41-19-21(3)4)34-31(37)24-8-6-22(5)28(15-24)39-13-12-35/h6-11,14-17,20-21,35H,12-13,18-19H2,1-5H3,(H,33,38)(H,34,37). The number of aryl methyl sites for hydroxylation is 1. The zero-order valence-corrected chi connectivity index (χ0v) is 24.2. The molecule has 0 radical (unpaired) electrons. The van der Waals surface area contributed by atoms with Gasteiger partial charge in [0.25, 0.3) is 11.8 Å². The first-order valence-corrected chi connectivity index (χ1v) is 13.6. The molecule has 3 aromatic carbocycles. The van der Waals surface area contributed by atoms with E-state index in [2.05, 4.69) is 10.6 Å². The van der Waals surface area contributed by atoms with Crippen molar-refractivity contribution < 1.29 is 33.7 Å². The molecule has 0 atom stereocenters. The van der Waals surface area contributed by atoms with E-state index >= 15 is 0 Å². The number of aliphatic hydroxyl groups excluding tert-OH is 1. The van der Waals surface area contributed by atoms with Gasteiger partial charge in [-0.15, -0.1) is 0 Å². The Bertz CT molecular complexity index is 1370. The van der Waals surface area contributed by atoms with Crippen LogP contribution in [0.25, 0.3) is 0 Å². The van der Waals surface area contributed by atoms with Gasteiger partial charge in [0.2, 0.25) is 0 Å². The second kappa shape index (κ2) is 14.9. The Kier molecular flexibility index (Phi) is 11.3. The number of hydrogen-bond donors (Lipinski definition) is 3. The van der Waals surface area contributed by atoms with E-state index in [-0.39, 0.29) is 31.0 Å². The largest absolute Gasteiger partial charge is 0.491 e. The Morgan fingerprint density at radius 1 is 0.756 bits per heavy atom. The Labute approximate surface area is 240 Å². The van der Waals surface area contributed by atoms with Crippen LogP contribution in [-0.2, 0) is 0 Å². The fourth-order valence-corrected chi connectivity index (χ4v) is 3.68. The Morgan fingerprint density at radius 3 is 1.80 bits per heavy atom. The minimum atomic E-state index is -0.408. The van der Waals surface area contributed by atoms with Crippen LogP contribution in [0.15, 0.2) is 54.6 Å². The second-order valence-electron chi connectivity index (χ2n) is 10.5. The molecule has 0 fully saturated rings. The van der Waals surface area contributed by atoms with Crippen LogP contribution >= 0.6 is 0 Å². The average Bonchev–Trinajstić information content (AvgIpc) is 2.95. The van der Waals surface area contributed by atoms with Crippen molar-refractivity contribution in [1.29, 1.82) is 0 Å². The average molecular weight is 563 g/mol. The predicted molar refractivity (Wildman–Crippen MR) is 159 cm³/mol. The minimum absolute atomic E-state index is 0.120. The fraction of sp³-hybridized carbons (Fsp3) is 0.344. The number of amides is 2. The molecule has 9 heteroatoms. The molecule has 0 aromatic heterocycles. The molecular weight excluding hydrogens is 524 g/mol. The maximum absolute atomic E-state index is 13.2. The van der Waals surface area contributed by atoms with Crippen LogP contribution in [0.5, 0.6) is 17.2 Å². The molecule has 3 aromatic rings. The molecule has 0 saturated heterocycles. The van der Waals surface area contributed by atoms with Crippen molar-refractivity contribution in [3.63, 3.8) is 0 Å². The molecule has 0 spiro atoms. The van der Waals surface area contributed by atoms with Crippen molar-refractivity contribution >= 4 is 29.5 Å². The van der Waals surface area contributed by atoms with E-state index in [0.717, 1.165) is 11.8 Å². The van der Waals surface area contributed by atoms with Gasteiger partial charge in [-0.1, -0.05) is 33.8 Å². The molecule has 0 unspecified atom stereocenters. The first-order valence-electron chi connectivity index (χ1n) is 13.6. The maximum Gasteiger partial charge on any atom is 0.255 e. The van der Waals surface area contributed by atoms with E-state index in [4.69, 9.17) is 19.3 Å². The molecule has 0 bridgehead atoms. The molecule has 0 aliphatic rings. The molecule has 218 valence electrons. The molecule has 0 aliphatic heterocycles. The van der Waals surface area contributed by atoms with Crippen molar-refractivity contribution in [2.75, 3.05) is 37.1 Å². The van der Waals surface area contributed by atoms with Gasteiger partial charge >= 0.3 is 0 Å². The van der Waals surface area contributed by atoms with E-state index in [9.17, 15) is 14.4 Å². The van der Waals surface area contributed by atoms with Crippen LogP contribution in [0.1, 0.15) is 64.3 Å². The molecule has 0 saturated carbocycles. The topological polar surface area (TPSA) is 123 Å². The Morgan fingerprint density at radius 2 is 1.27 bits per heavy atom. The molecule has 9 nitrogen and oxygen atoms in total. The van der Waals surface area contributed by atoms with Gasteiger partial charge in [-0.05, 0) is 72.9 Å². The highest BCUT2D eigenvalue weighted by molar-refractivity contribution is 6.08. The summed E-state index contributed by atoms with van der Waals surface area (Å²) in [6.45, 7) is 10.6. The number of nitrogens with one attached hydrogen (secondary N) is 2. The first-order chi connectivity index (χ1) is 19.6. The number of rotatable bonds is 14. The van der Waals surface area contributed by atoms with Crippen molar-refractivity contribution in [2.24, 2.45) is 11.8 Å². The smallest absolute Gasteiger partial charge is 0.255 e. The summed E-state index contributed by atoms with van der Waals surface area (Å²) in [6.07, 6.45) is 0.721. The number of aliphatic hydroxyl groups is 1. The van der Waals surface area contributed by atoms with Gasteiger partial charge < -0.3 is 30.0 Å². The highest BCUT2D eigenvalue weighted by Crippen LogP contribution is 2.30. The molecule has 0 heterocycles. The molecule has 3 N–H and O–H groups in total. The summed E-state index contributed by atoms with van der Waals surface area (Å²) in [5.41, 5.74) is 2.79. The predicted octanol–water partition coefficient (Wildman–Crippen LogP) is 5.75. The van der Waals surface area contributed by atoms with E-state index in [0.29, 0.717) is 58.5 Å². The number of hydrogen-bond acceptors (Lipinski definition) is 7. The highest BCUT2D eigenvalue weighted by atomic mass is 16.5. The lowest BCUT2D eigenvalue weighted by Crippen LogP contribution is -2.17. The van der Waals surface area contributed by atoms with Gasteiger partial charge in [-0.25, -0.2) is 0 Å². The van der Waals surface area contributed by atoms with E-state index < -0.39 is 5.91 Å². The van der Waals surface area contributed by atoms with Crippen LogP contribution in [0.3, 0.4) is 0 Å². The third-order valence-electron chi connectivity index (χ3n) is 5.83. The van der Waals surface area contributed by atoms with Gasteiger partial charge in [0.15, 0.2) is 0 Å². The van der Waals surface area contributed by atoms with Crippen molar-refractivity contribution in [2.45, 2.75) is 34.6 Å². The quantitative estimate of drug-likeness (QED) is 0.214. The molecule has 0 aliphatic carbocycles. The third kappa shape index (κ3) is 9.08. The third-order valence-corrected chi connectivity index (χ3v) is 5.83. The summed E-state index contributed by atoms with van der Waals surface area (Å²) in [4.78, 5) is 37.6. The first kappa shape index (κ1) is 31.2. The van der Waals surface area contributed by atoms with E-state index in [1.807, 2.05) is 34.6 Å². The lowest BCUT2D eigenvalue weighted by atomic mass is 10.1. The summed E-state index contributed by atoms with van der Waals surface area (Å²) in [7, 11) is 0. The van der Waals surface area contributed by atoms with E-state index in [1.54, 1.807) is 54.6 Å². The van der Waals surface area contributed by atoms with Crippen LogP contribution in [0.4, 0.5) is 11.4 Å². The lowest BCUT2D eigenvalue weighted by Gasteiger charge is -2.17. The zero-order chi connectivity index (χ0) is 29.9. The minimum Gasteiger partial charge on any atom is -0.491 e. The Balaban J connectivity index is 1.85. The number of carbonyl (C=O) groups is 3. The molecular formula is C32H38N2O7. The van der Waals surface area contributed by atoms with Gasteiger partial charge in [0.1, 0.15) is 30.1 Å². The fourth-order valence-electron chi connectivity index (χ4n) is 3.68. The van der Waals surface area contributed by atoms with Gasteiger partial charge in [0, 0.05) is 16.7 Å². The summed E-state index contributed by atoms with van der Waals surface area (Å²) >= 11 is 0. The summed E-state index contributed by atoms with van der Waals surface area (Å²) in [6, 6.07) is 14.7. The highest BCUT2D eigenvalue weighted by Gasteiger charge is 2.17. The van der Waals surface area contributed by atoms with Crippen LogP contribution in [0.2, 0.25) is 0 Å². The van der Waals surface area contributed by atoms with Crippen LogP contribution in [0, 0.1) is 18.8 Å². The lowest BCUT2D eigenvalue weighted by molar-refractivity contribution is 0.101. The zero-order valence-electron chi connectivity index (χ0n) is 24.2. The SMILES string of the molecule is Cc1ccc(C(=O)Nc2ccc(C(=O)Nc3ccc(C=O)cc3OCC(C)C)cc2OCC(C)C)cc1OCCO. The summed E-state index contributed by atoms with van der Waals surface area (Å²) in [5, 5.41) is 14.8. The van der Waals surface area contributed by atoms with Crippen molar-refractivity contribution in [1.82, 2.24) is 0 Å². The molecule has 3 rings (SSSR count). The summed E-state index contributed by atoms with van der Waals surface area (Å²) < 4.78 is 17.4. The molecule has 41 heavy (non-hydrogen) atoms. The number of aldehydes is 1. The Hall–Kier alpha value is -4.37. The number of carbonyl (C=O) groups excluding carboxylic acids is 3. The van der Waals surface area contributed by atoms with E-state index in [1.165, 1.54) is 0 Å². The van der Waals surface area contributed by atoms with Crippen molar-refractivity contribution in [3.8, 4) is 17.2 Å². The van der Waals surface area contributed by atoms with Crippen molar-refractivity contribution in [3.05, 3.63) is 76.9 Å². The van der Waals surface area contributed by atoms with Gasteiger partial charge in [-0.3, -0.25) is 14.4 Å². The maximum atomic E-state index is 13.2. The number of ether oxygens (including phenoxy) is 3. The van der Waals surface area contributed by atoms with Crippen LogP contribution in [-0.4, -0.2) is 49.6 Å². The number of benzene rings is 3. The summed E-state index contributed by atoms with van der Waals surface area (Å²) in [5.74, 6) is 0.918. The molecule has 2 amide bonds. The van der Waals surface area contributed by atoms with Crippen LogP contribution < -0.4 is 24.8 Å². The van der Waals surface area contributed by atoms with Gasteiger partial charge in [0.05, 0.1) is 31.2 Å².